The van der Waals surface area contributed by atoms with Gasteiger partial charge in [-0.3, -0.25) is 0 Å². The average Bonchev–Trinajstić information content (AvgIpc) is 2.82. The van der Waals surface area contributed by atoms with Crippen molar-refractivity contribution < 1.29 is 8.42 Å². The van der Waals surface area contributed by atoms with Crippen molar-refractivity contribution >= 4 is 37.3 Å². The third kappa shape index (κ3) is 3.45. The maximum atomic E-state index is 12.5. The van der Waals surface area contributed by atoms with E-state index in [9.17, 15) is 8.42 Å². The molecular formula is C13H14BrNO2S2. The van der Waals surface area contributed by atoms with E-state index in [-0.39, 0.29) is 0 Å². The Morgan fingerprint density at radius 3 is 2.37 bits per heavy atom. The lowest BCUT2D eigenvalue weighted by Gasteiger charge is -2.19. The summed E-state index contributed by atoms with van der Waals surface area (Å²) in [6, 6.07) is 12.4. The van der Waals surface area contributed by atoms with Crippen molar-refractivity contribution in [2.75, 3.05) is 6.54 Å². The van der Waals surface area contributed by atoms with Gasteiger partial charge in [-0.1, -0.05) is 25.1 Å². The highest BCUT2D eigenvalue weighted by Crippen LogP contribution is 2.25. The van der Waals surface area contributed by atoms with Crippen LogP contribution < -0.4 is 0 Å². The van der Waals surface area contributed by atoms with Gasteiger partial charge in [0.2, 0.25) is 10.0 Å². The van der Waals surface area contributed by atoms with Crippen LogP contribution in [-0.4, -0.2) is 19.3 Å². The van der Waals surface area contributed by atoms with Gasteiger partial charge in [0.15, 0.2) is 0 Å². The summed E-state index contributed by atoms with van der Waals surface area (Å²) in [5, 5.41) is 0. The molecule has 1 aromatic carbocycles. The molecule has 0 unspecified atom stereocenters. The highest BCUT2D eigenvalue weighted by Gasteiger charge is 2.23. The molecule has 0 aliphatic rings. The van der Waals surface area contributed by atoms with Crippen LogP contribution in [0.25, 0.3) is 0 Å². The van der Waals surface area contributed by atoms with Gasteiger partial charge in [-0.15, -0.1) is 11.3 Å². The van der Waals surface area contributed by atoms with E-state index in [0.29, 0.717) is 18.0 Å². The molecule has 3 nitrogen and oxygen atoms in total. The van der Waals surface area contributed by atoms with Crippen molar-refractivity contribution in [1.29, 1.82) is 0 Å². The topological polar surface area (TPSA) is 37.4 Å². The highest BCUT2D eigenvalue weighted by atomic mass is 79.9. The lowest BCUT2D eigenvalue weighted by atomic mass is 10.4. The van der Waals surface area contributed by atoms with Gasteiger partial charge in [-0.05, 0) is 40.2 Å². The molecule has 0 saturated heterocycles. The van der Waals surface area contributed by atoms with Crippen LogP contribution in [0.3, 0.4) is 0 Å². The number of nitrogens with zero attached hydrogens (tertiary/aromatic N) is 1. The summed E-state index contributed by atoms with van der Waals surface area (Å²) in [5.74, 6) is 0. The zero-order valence-electron chi connectivity index (χ0n) is 10.4. The second kappa shape index (κ2) is 6.17. The van der Waals surface area contributed by atoms with Crippen LogP contribution >= 0.6 is 27.3 Å². The van der Waals surface area contributed by atoms with Crippen molar-refractivity contribution in [2.45, 2.75) is 18.4 Å². The first-order valence-electron chi connectivity index (χ1n) is 5.83. The first-order valence-corrected chi connectivity index (χ1v) is 8.88. The summed E-state index contributed by atoms with van der Waals surface area (Å²) in [4.78, 5) is 1.36. The minimum Gasteiger partial charge on any atom is -0.207 e. The van der Waals surface area contributed by atoms with Gasteiger partial charge < -0.3 is 0 Å². The molecule has 0 amide bonds. The van der Waals surface area contributed by atoms with Crippen molar-refractivity contribution in [3.63, 3.8) is 0 Å². The van der Waals surface area contributed by atoms with Crippen molar-refractivity contribution in [3.05, 3.63) is 51.1 Å². The van der Waals surface area contributed by atoms with Crippen LogP contribution in [-0.2, 0) is 16.6 Å². The Hall–Kier alpha value is -0.690. The monoisotopic (exact) mass is 359 g/mol. The summed E-state index contributed by atoms with van der Waals surface area (Å²) in [7, 11) is -3.42. The standard InChI is InChI=1S/C13H14BrNO2S2/c1-2-15(10-11-8-9-13(14)18-11)19(16,17)12-6-4-3-5-7-12/h3-9H,2,10H2,1H3. The Balaban J connectivity index is 2.26. The molecule has 102 valence electrons. The summed E-state index contributed by atoms with van der Waals surface area (Å²) in [6.07, 6.45) is 0. The number of rotatable bonds is 5. The van der Waals surface area contributed by atoms with Gasteiger partial charge >= 0.3 is 0 Å². The molecule has 0 aliphatic carbocycles. The zero-order valence-corrected chi connectivity index (χ0v) is 13.6. The molecule has 19 heavy (non-hydrogen) atoms. The normalized spacial score (nSPS) is 11.9. The van der Waals surface area contributed by atoms with Gasteiger partial charge in [0.05, 0.1) is 8.68 Å². The van der Waals surface area contributed by atoms with Gasteiger partial charge in [-0.25, -0.2) is 8.42 Å². The van der Waals surface area contributed by atoms with Crippen molar-refractivity contribution in [1.82, 2.24) is 4.31 Å². The smallest absolute Gasteiger partial charge is 0.207 e. The van der Waals surface area contributed by atoms with Crippen molar-refractivity contribution in [2.24, 2.45) is 0 Å². The first kappa shape index (κ1) is 14.7. The third-order valence-corrected chi connectivity index (χ3v) is 6.24. The van der Waals surface area contributed by atoms with E-state index in [1.165, 1.54) is 4.31 Å². The van der Waals surface area contributed by atoms with Crippen LogP contribution in [0.1, 0.15) is 11.8 Å². The van der Waals surface area contributed by atoms with Crippen LogP contribution in [0.2, 0.25) is 0 Å². The zero-order chi connectivity index (χ0) is 13.9. The molecule has 1 aromatic heterocycles. The summed E-state index contributed by atoms with van der Waals surface area (Å²) in [6.45, 7) is 2.71. The number of benzene rings is 1. The second-order valence-corrected chi connectivity index (χ2v) is 8.44. The Bertz CT molecular complexity index is 638. The Labute approximate surface area is 126 Å². The molecule has 0 bridgehead atoms. The van der Waals surface area contributed by atoms with Crippen LogP contribution in [0, 0.1) is 0 Å². The third-order valence-electron chi connectivity index (χ3n) is 2.69. The predicted molar refractivity (Wildman–Crippen MR) is 81.7 cm³/mol. The summed E-state index contributed by atoms with van der Waals surface area (Å²) >= 11 is 4.94. The van der Waals surface area contributed by atoms with E-state index >= 15 is 0 Å². The molecule has 0 fully saturated rings. The van der Waals surface area contributed by atoms with Gasteiger partial charge in [0, 0.05) is 18.0 Å². The van der Waals surface area contributed by atoms with Gasteiger partial charge in [0.25, 0.3) is 0 Å². The second-order valence-electron chi connectivity index (χ2n) is 3.95. The van der Waals surface area contributed by atoms with Crippen LogP contribution in [0.15, 0.2) is 51.1 Å². The van der Waals surface area contributed by atoms with E-state index in [4.69, 9.17) is 0 Å². The molecule has 0 radical (unpaired) electrons. The number of sulfonamides is 1. The largest absolute Gasteiger partial charge is 0.243 e. The summed E-state index contributed by atoms with van der Waals surface area (Å²) < 4.78 is 27.5. The van der Waals surface area contributed by atoms with E-state index in [0.717, 1.165) is 8.66 Å². The van der Waals surface area contributed by atoms with Crippen LogP contribution in [0.5, 0.6) is 0 Å². The number of hydrogen-bond donors (Lipinski definition) is 0. The minimum absolute atomic E-state index is 0.340. The van der Waals surface area contributed by atoms with E-state index in [1.807, 2.05) is 25.1 Å². The Kier molecular flexibility index (Phi) is 4.78. The number of thiophene rings is 1. The Morgan fingerprint density at radius 1 is 1.16 bits per heavy atom. The van der Waals surface area contributed by atoms with Crippen molar-refractivity contribution in [3.8, 4) is 0 Å². The Morgan fingerprint density at radius 2 is 1.84 bits per heavy atom. The average molecular weight is 360 g/mol. The summed E-state index contributed by atoms with van der Waals surface area (Å²) in [5.41, 5.74) is 0. The number of hydrogen-bond acceptors (Lipinski definition) is 3. The maximum Gasteiger partial charge on any atom is 0.243 e. The van der Waals surface area contributed by atoms with E-state index < -0.39 is 10.0 Å². The number of halogens is 1. The fourth-order valence-corrected chi connectivity index (χ4v) is 4.75. The molecule has 2 rings (SSSR count). The molecule has 0 aliphatic heterocycles. The first-order chi connectivity index (χ1) is 9.04. The van der Waals surface area contributed by atoms with Crippen LogP contribution in [0.4, 0.5) is 0 Å². The lowest BCUT2D eigenvalue weighted by Crippen LogP contribution is -2.30. The molecule has 6 heteroatoms. The molecule has 1 heterocycles. The molecule has 0 spiro atoms. The fourth-order valence-electron chi connectivity index (χ4n) is 1.72. The molecule has 0 atom stereocenters. The lowest BCUT2D eigenvalue weighted by molar-refractivity contribution is 0.426. The van der Waals surface area contributed by atoms with E-state index in [2.05, 4.69) is 15.9 Å². The van der Waals surface area contributed by atoms with E-state index in [1.54, 1.807) is 35.6 Å². The maximum absolute atomic E-state index is 12.5. The quantitative estimate of drug-likeness (QED) is 0.815. The van der Waals surface area contributed by atoms with Gasteiger partial charge in [-0.2, -0.15) is 4.31 Å². The highest BCUT2D eigenvalue weighted by molar-refractivity contribution is 9.11. The molecule has 2 aromatic rings. The molecule has 0 N–H and O–H groups in total. The fraction of sp³-hybridized carbons (Fsp3) is 0.231. The van der Waals surface area contributed by atoms with Gasteiger partial charge in [0.1, 0.15) is 0 Å². The predicted octanol–water partition coefficient (Wildman–Crippen LogP) is 3.72. The SMILES string of the molecule is CCN(Cc1ccc(Br)s1)S(=O)(=O)c1ccccc1. The molecular weight excluding hydrogens is 346 g/mol. The minimum atomic E-state index is -3.42. The molecule has 0 saturated carbocycles.